The van der Waals surface area contributed by atoms with E-state index >= 15 is 0 Å². The molecule has 2 unspecified atom stereocenters. The number of hydrogen-bond acceptors (Lipinski definition) is 4. The molecule has 0 aliphatic carbocycles. The van der Waals surface area contributed by atoms with Crippen LogP contribution in [0, 0.1) is 0 Å². The van der Waals surface area contributed by atoms with Crippen LogP contribution < -0.4 is 5.32 Å². The van der Waals surface area contributed by atoms with Gasteiger partial charge in [-0.15, -0.1) is 0 Å². The number of nitrogens with one attached hydrogen (secondary N) is 1. The van der Waals surface area contributed by atoms with Gasteiger partial charge in [-0.05, 0) is 20.8 Å². The summed E-state index contributed by atoms with van der Waals surface area (Å²) in [4.78, 5) is 13.6. The van der Waals surface area contributed by atoms with Crippen LogP contribution >= 0.6 is 0 Å². The number of nitrogens with zero attached hydrogens (tertiary/aromatic N) is 1. The molecule has 0 aromatic rings. The second-order valence-corrected chi connectivity index (χ2v) is 4.59. The summed E-state index contributed by atoms with van der Waals surface area (Å²) in [7, 11) is 1.44. The maximum Gasteiger partial charge on any atom is 0.307 e. The molecule has 88 valence electrons. The quantitative estimate of drug-likeness (QED) is 0.699. The number of ether oxygens (including phenoxy) is 1. The Bertz CT molecular complexity index is 219. The average Bonchev–Trinajstić information content (AvgIpc) is 2.16. The van der Waals surface area contributed by atoms with E-state index in [1.165, 1.54) is 7.11 Å². The van der Waals surface area contributed by atoms with Crippen molar-refractivity contribution in [2.45, 2.75) is 45.3 Å². The molecule has 1 saturated heterocycles. The molecule has 1 aliphatic heterocycles. The van der Waals surface area contributed by atoms with Gasteiger partial charge in [0.25, 0.3) is 0 Å². The van der Waals surface area contributed by atoms with Gasteiger partial charge >= 0.3 is 5.97 Å². The number of piperazine rings is 1. The highest BCUT2D eigenvalue weighted by molar-refractivity contribution is 5.69. The van der Waals surface area contributed by atoms with Gasteiger partial charge in [0.2, 0.25) is 0 Å². The zero-order valence-electron chi connectivity index (χ0n) is 10.1. The number of rotatable bonds is 3. The molecule has 0 amide bonds. The van der Waals surface area contributed by atoms with Gasteiger partial charge in [0, 0.05) is 31.2 Å². The standard InChI is InChI=1S/C11H22N2O2/c1-8(2)13-6-9(3)12-10(7-13)5-11(14)15-4/h8-10,12H,5-7H2,1-4H3. The van der Waals surface area contributed by atoms with Crippen LogP contribution in [0.3, 0.4) is 0 Å². The normalized spacial score (nSPS) is 28.1. The summed E-state index contributed by atoms with van der Waals surface area (Å²) in [6, 6.07) is 1.20. The van der Waals surface area contributed by atoms with Crippen LogP contribution in [-0.4, -0.2) is 49.2 Å². The van der Waals surface area contributed by atoms with Gasteiger partial charge in [0.15, 0.2) is 0 Å². The highest BCUT2D eigenvalue weighted by atomic mass is 16.5. The van der Waals surface area contributed by atoms with Crippen molar-refractivity contribution in [3.8, 4) is 0 Å². The van der Waals surface area contributed by atoms with Gasteiger partial charge in [0.05, 0.1) is 13.5 Å². The summed E-state index contributed by atoms with van der Waals surface area (Å²) >= 11 is 0. The smallest absolute Gasteiger partial charge is 0.307 e. The van der Waals surface area contributed by atoms with Crippen LogP contribution in [0.1, 0.15) is 27.2 Å². The summed E-state index contributed by atoms with van der Waals surface area (Å²) in [5, 5.41) is 3.42. The summed E-state index contributed by atoms with van der Waals surface area (Å²) in [5.74, 6) is -0.134. The first-order chi connectivity index (χ1) is 7.02. The Morgan fingerprint density at radius 3 is 2.73 bits per heavy atom. The zero-order valence-corrected chi connectivity index (χ0v) is 10.1. The fourth-order valence-electron chi connectivity index (χ4n) is 2.05. The zero-order chi connectivity index (χ0) is 11.4. The molecule has 4 heteroatoms. The van der Waals surface area contributed by atoms with Crippen molar-refractivity contribution < 1.29 is 9.53 Å². The molecule has 0 radical (unpaired) electrons. The molecule has 0 spiro atoms. The summed E-state index contributed by atoms with van der Waals surface area (Å²) in [6.07, 6.45) is 0.462. The minimum Gasteiger partial charge on any atom is -0.469 e. The molecule has 1 heterocycles. The van der Waals surface area contributed by atoms with Gasteiger partial charge < -0.3 is 10.1 Å². The Morgan fingerprint density at radius 2 is 2.20 bits per heavy atom. The largest absolute Gasteiger partial charge is 0.469 e. The molecule has 4 nitrogen and oxygen atoms in total. The predicted octanol–water partition coefficient (Wildman–Crippen LogP) is 0.620. The van der Waals surface area contributed by atoms with Crippen LogP contribution in [-0.2, 0) is 9.53 Å². The van der Waals surface area contributed by atoms with Gasteiger partial charge in [-0.25, -0.2) is 0 Å². The molecule has 1 fully saturated rings. The minimum atomic E-state index is -0.134. The predicted molar refractivity (Wildman–Crippen MR) is 59.7 cm³/mol. The first kappa shape index (κ1) is 12.5. The summed E-state index contributed by atoms with van der Waals surface area (Å²) in [6.45, 7) is 8.51. The molecule has 0 aromatic carbocycles. The molecule has 1 rings (SSSR count). The SMILES string of the molecule is COC(=O)CC1CN(C(C)C)CC(C)N1. The molecule has 1 aliphatic rings. The summed E-state index contributed by atoms with van der Waals surface area (Å²) < 4.78 is 4.69. The third kappa shape index (κ3) is 3.80. The van der Waals surface area contributed by atoms with Crippen molar-refractivity contribution in [1.82, 2.24) is 10.2 Å². The van der Waals surface area contributed by atoms with Crippen molar-refractivity contribution >= 4 is 5.97 Å². The highest BCUT2D eigenvalue weighted by Crippen LogP contribution is 2.10. The van der Waals surface area contributed by atoms with E-state index in [-0.39, 0.29) is 12.0 Å². The van der Waals surface area contributed by atoms with Crippen molar-refractivity contribution in [2.24, 2.45) is 0 Å². The Hall–Kier alpha value is -0.610. The first-order valence-corrected chi connectivity index (χ1v) is 5.59. The van der Waals surface area contributed by atoms with Crippen LogP contribution in [0.25, 0.3) is 0 Å². The molecular weight excluding hydrogens is 192 g/mol. The Labute approximate surface area is 92.0 Å². The number of hydrogen-bond donors (Lipinski definition) is 1. The van der Waals surface area contributed by atoms with E-state index in [0.717, 1.165) is 13.1 Å². The van der Waals surface area contributed by atoms with Gasteiger partial charge in [-0.2, -0.15) is 0 Å². The molecule has 0 aromatic heterocycles. The number of methoxy groups -OCH3 is 1. The second-order valence-electron chi connectivity index (χ2n) is 4.59. The molecule has 0 saturated carbocycles. The molecule has 1 N–H and O–H groups in total. The fourth-order valence-corrected chi connectivity index (χ4v) is 2.05. The van der Waals surface area contributed by atoms with E-state index in [4.69, 9.17) is 0 Å². The Kier molecular flexibility index (Phi) is 4.54. The number of carbonyl (C=O) groups is 1. The lowest BCUT2D eigenvalue weighted by molar-refractivity contribution is -0.141. The molecule has 2 atom stereocenters. The second kappa shape index (κ2) is 5.47. The van der Waals surface area contributed by atoms with E-state index in [1.54, 1.807) is 0 Å². The first-order valence-electron chi connectivity index (χ1n) is 5.59. The van der Waals surface area contributed by atoms with E-state index in [1.807, 2.05) is 0 Å². The van der Waals surface area contributed by atoms with Crippen molar-refractivity contribution in [1.29, 1.82) is 0 Å². The third-order valence-electron chi connectivity index (χ3n) is 2.85. The Balaban J connectivity index is 2.48. The van der Waals surface area contributed by atoms with Gasteiger partial charge in [-0.3, -0.25) is 9.69 Å². The van der Waals surface area contributed by atoms with Crippen molar-refractivity contribution in [2.75, 3.05) is 20.2 Å². The maximum atomic E-state index is 11.2. The Morgan fingerprint density at radius 1 is 1.53 bits per heavy atom. The number of carbonyl (C=O) groups excluding carboxylic acids is 1. The average molecular weight is 214 g/mol. The number of esters is 1. The lowest BCUT2D eigenvalue weighted by Gasteiger charge is -2.39. The fraction of sp³-hybridized carbons (Fsp3) is 0.909. The van der Waals surface area contributed by atoms with E-state index in [0.29, 0.717) is 18.5 Å². The highest BCUT2D eigenvalue weighted by Gasteiger charge is 2.26. The van der Waals surface area contributed by atoms with Crippen LogP contribution in [0.5, 0.6) is 0 Å². The van der Waals surface area contributed by atoms with E-state index in [2.05, 4.69) is 35.7 Å². The van der Waals surface area contributed by atoms with E-state index in [9.17, 15) is 4.79 Å². The molecule has 0 bridgehead atoms. The third-order valence-corrected chi connectivity index (χ3v) is 2.85. The summed E-state index contributed by atoms with van der Waals surface area (Å²) in [5.41, 5.74) is 0. The maximum absolute atomic E-state index is 11.2. The van der Waals surface area contributed by atoms with Crippen molar-refractivity contribution in [3.05, 3.63) is 0 Å². The lowest BCUT2D eigenvalue weighted by atomic mass is 10.1. The lowest BCUT2D eigenvalue weighted by Crippen LogP contribution is -2.57. The van der Waals surface area contributed by atoms with Crippen molar-refractivity contribution in [3.63, 3.8) is 0 Å². The minimum absolute atomic E-state index is 0.134. The van der Waals surface area contributed by atoms with Crippen LogP contribution in [0.4, 0.5) is 0 Å². The van der Waals surface area contributed by atoms with Crippen LogP contribution in [0.15, 0.2) is 0 Å². The van der Waals surface area contributed by atoms with Crippen LogP contribution in [0.2, 0.25) is 0 Å². The molecule has 15 heavy (non-hydrogen) atoms. The van der Waals surface area contributed by atoms with Gasteiger partial charge in [-0.1, -0.05) is 0 Å². The monoisotopic (exact) mass is 214 g/mol. The topological polar surface area (TPSA) is 41.6 Å². The van der Waals surface area contributed by atoms with E-state index < -0.39 is 0 Å². The molecular formula is C11H22N2O2. The van der Waals surface area contributed by atoms with Gasteiger partial charge in [0.1, 0.15) is 0 Å².